The zero-order valence-corrected chi connectivity index (χ0v) is 13.6. The van der Waals surface area contributed by atoms with Crippen LogP contribution < -0.4 is 10.5 Å². The first-order chi connectivity index (χ1) is 9.27. The molecular weight excluding hydrogens is 272 g/mol. The van der Waals surface area contributed by atoms with E-state index >= 15 is 0 Å². The summed E-state index contributed by atoms with van der Waals surface area (Å²) in [6.45, 7) is 8.32. The minimum Gasteiger partial charge on any atom is -0.326 e. The van der Waals surface area contributed by atoms with Crippen molar-refractivity contribution in [1.29, 1.82) is 0 Å². The normalized spacial score (nSPS) is 13.7. The van der Waals surface area contributed by atoms with Crippen molar-refractivity contribution in [2.24, 2.45) is 11.7 Å². The van der Waals surface area contributed by atoms with Crippen LogP contribution in [-0.2, 0) is 16.6 Å². The van der Waals surface area contributed by atoms with Gasteiger partial charge >= 0.3 is 0 Å². The lowest BCUT2D eigenvalue weighted by Crippen LogP contribution is -2.33. The van der Waals surface area contributed by atoms with Gasteiger partial charge in [-0.3, -0.25) is 0 Å². The molecule has 1 aromatic carbocycles. The van der Waals surface area contributed by atoms with Gasteiger partial charge in [0, 0.05) is 12.6 Å². The van der Waals surface area contributed by atoms with Crippen molar-refractivity contribution in [3.05, 3.63) is 29.3 Å². The number of hydrogen-bond donors (Lipinski definition) is 2. The van der Waals surface area contributed by atoms with Crippen molar-refractivity contribution in [3.63, 3.8) is 0 Å². The minimum absolute atomic E-state index is 0.0664. The Bertz CT molecular complexity index is 539. The standard InChI is InChI=1S/C15H26N2O2S/c1-11(2)8-9-12(3)17-20(18,19)15-7-5-6-14(10-16)13(15)4/h5-7,11-12,17H,8-10,16H2,1-4H3. The highest BCUT2D eigenvalue weighted by Gasteiger charge is 2.20. The molecule has 0 aliphatic heterocycles. The first-order valence-electron chi connectivity index (χ1n) is 7.08. The molecule has 0 heterocycles. The van der Waals surface area contributed by atoms with Crippen LogP contribution in [0.25, 0.3) is 0 Å². The Balaban J connectivity index is 2.89. The van der Waals surface area contributed by atoms with Crippen LogP contribution in [0.4, 0.5) is 0 Å². The van der Waals surface area contributed by atoms with Crippen LogP contribution in [-0.4, -0.2) is 14.5 Å². The van der Waals surface area contributed by atoms with Crippen molar-refractivity contribution < 1.29 is 8.42 Å². The van der Waals surface area contributed by atoms with Crippen LogP contribution in [0.1, 0.15) is 44.7 Å². The lowest BCUT2D eigenvalue weighted by atomic mass is 10.1. The average molecular weight is 298 g/mol. The summed E-state index contributed by atoms with van der Waals surface area (Å²) in [4.78, 5) is 0.330. The van der Waals surface area contributed by atoms with Gasteiger partial charge in [0.05, 0.1) is 4.90 Å². The Morgan fingerprint density at radius 3 is 2.40 bits per heavy atom. The molecule has 0 amide bonds. The maximum atomic E-state index is 12.4. The van der Waals surface area contributed by atoms with Gasteiger partial charge in [-0.05, 0) is 49.8 Å². The molecule has 1 aromatic rings. The molecule has 0 bridgehead atoms. The van der Waals surface area contributed by atoms with E-state index in [1.54, 1.807) is 19.1 Å². The lowest BCUT2D eigenvalue weighted by molar-refractivity contribution is 0.485. The van der Waals surface area contributed by atoms with Crippen LogP contribution in [0.3, 0.4) is 0 Å². The summed E-state index contributed by atoms with van der Waals surface area (Å²) in [5.74, 6) is 0.573. The molecule has 3 N–H and O–H groups in total. The number of nitrogens with two attached hydrogens (primary N) is 1. The maximum Gasteiger partial charge on any atom is 0.241 e. The quantitative estimate of drug-likeness (QED) is 0.812. The molecule has 1 atom stereocenters. The number of hydrogen-bond acceptors (Lipinski definition) is 3. The third-order valence-corrected chi connectivity index (χ3v) is 5.17. The molecule has 0 spiro atoms. The molecule has 0 saturated heterocycles. The smallest absolute Gasteiger partial charge is 0.241 e. The molecule has 5 heteroatoms. The predicted molar refractivity (Wildman–Crippen MR) is 82.9 cm³/mol. The zero-order valence-electron chi connectivity index (χ0n) is 12.8. The van der Waals surface area contributed by atoms with Gasteiger partial charge in [-0.25, -0.2) is 13.1 Å². The van der Waals surface area contributed by atoms with Crippen LogP contribution >= 0.6 is 0 Å². The summed E-state index contributed by atoms with van der Waals surface area (Å²) in [7, 11) is -3.48. The fraction of sp³-hybridized carbons (Fsp3) is 0.600. The van der Waals surface area contributed by atoms with Crippen LogP contribution in [0.15, 0.2) is 23.1 Å². The monoisotopic (exact) mass is 298 g/mol. The summed E-state index contributed by atoms with van der Waals surface area (Å²) in [6.07, 6.45) is 1.85. The van der Waals surface area contributed by atoms with Crippen LogP contribution in [0.5, 0.6) is 0 Å². The highest BCUT2D eigenvalue weighted by Crippen LogP contribution is 2.19. The second-order valence-electron chi connectivity index (χ2n) is 5.74. The second kappa shape index (κ2) is 7.20. The van der Waals surface area contributed by atoms with Gasteiger partial charge in [0.25, 0.3) is 0 Å². The van der Waals surface area contributed by atoms with E-state index in [0.29, 0.717) is 17.4 Å². The molecule has 0 aromatic heterocycles. The fourth-order valence-corrected chi connectivity index (χ4v) is 3.71. The Morgan fingerprint density at radius 2 is 1.85 bits per heavy atom. The molecule has 0 fully saturated rings. The van der Waals surface area contributed by atoms with Crippen molar-refractivity contribution in [2.45, 2.75) is 58.0 Å². The molecule has 0 aliphatic rings. The third-order valence-electron chi connectivity index (χ3n) is 3.44. The van der Waals surface area contributed by atoms with Crippen molar-refractivity contribution in [2.75, 3.05) is 0 Å². The number of sulfonamides is 1. The molecule has 1 rings (SSSR count). The van der Waals surface area contributed by atoms with Gasteiger partial charge in [-0.15, -0.1) is 0 Å². The molecule has 114 valence electrons. The molecule has 4 nitrogen and oxygen atoms in total. The Hall–Kier alpha value is -0.910. The fourth-order valence-electron chi connectivity index (χ4n) is 2.14. The SMILES string of the molecule is Cc1c(CN)cccc1S(=O)(=O)NC(C)CCC(C)C. The van der Waals surface area contributed by atoms with E-state index in [2.05, 4.69) is 18.6 Å². The van der Waals surface area contributed by atoms with E-state index in [-0.39, 0.29) is 6.04 Å². The van der Waals surface area contributed by atoms with Crippen molar-refractivity contribution >= 4 is 10.0 Å². The van der Waals surface area contributed by atoms with Crippen molar-refractivity contribution in [1.82, 2.24) is 4.72 Å². The van der Waals surface area contributed by atoms with Crippen LogP contribution in [0.2, 0.25) is 0 Å². The van der Waals surface area contributed by atoms with E-state index in [1.807, 2.05) is 13.0 Å². The van der Waals surface area contributed by atoms with E-state index < -0.39 is 10.0 Å². The molecule has 0 radical (unpaired) electrons. The molecule has 0 saturated carbocycles. The summed E-state index contributed by atoms with van der Waals surface area (Å²) < 4.78 is 27.6. The van der Waals surface area contributed by atoms with E-state index in [1.165, 1.54) is 0 Å². The van der Waals surface area contributed by atoms with Gasteiger partial charge in [0.1, 0.15) is 0 Å². The van der Waals surface area contributed by atoms with Gasteiger partial charge in [0.15, 0.2) is 0 Å². The van der Waals surface area contributed by atoms with Gasteiger partial charge in [0.2, 0.25) is 10.0 Å². The van der Waals surface area contributed by atoms with Gasteiger partial charge < -0.3 is 5.73 Å². The summed E-state index contributed by atoms with van der Waals surface area (Å²) in [5.41, 5.74) is 7.23. The predicted octanol–water partition coefficient (Wildman–Crippen LogP) is 2.56. The van der Waals surface area contributed by atoms with Gasteiger partial charge in [-0.1, -0.05) is 26.0 Å². The Labute approximate surface area is 122 Å². The second-order valence-corrected chi connectivity index (χ2v) is 7.42. The van der Waals surface area contributed by atoms with E-state index in [0.717, 1.165) is 24.0 Å². The largest absolute Gasteiger partial charge is 0.326 e. The lowest BCUT2D eigenvalue weighted by Gasteiger charge is -2.17. The van der Waals surface area contributed by atoms with E-state index in [9.17, 15) is 8.42 Å². The zero-order chi connectivity index (χ0) is 15.3. The molecule has 0 aliphatic carbocycles. The minimum atomic E-state index is -3.48. The Morgan fingerprint density at radius 1 is 1.20 bits per heavy atom. The Kier molecular flexibility index (Phi) is 6.17. The highest BCUT2D eigenvalue weighted by atomic mass is 32.2. The highest BCUT2D eigenvalue weighted by molar-refractivity contribution is 7.89. The number of rotatable bonds is 7. The third kappa shape index (κ3) is 4.58. The maximum absolute atomic E-state index is 12.4. The van der Waals surface area contributed by atoms with Crippen molar-refractivity contribution in [3.8, 4) is 0 Å². The topological polar surface area (TPSA) is 72.2 Å². The van der Waals surface area contributed by atoms with Crippen LogP contribution in [0, 0.1) is 12.8 Å². The molecule has 20 heavy (non-hydrogen) atoms. The average Bonchev–Trinajstić information content (AvgIpc) is 2.36. The number of nitrogens with one attached hydrogen (secondary N) is 1. The first kappa shape index (κ1) is 17.1. The number of benzene rings is 1. The van der Waals surface area contributed by atoms with E-state index in [4.69, 9.17) is 5.73 Å². The summed E-state index contributed by atoms with van der Waals surface area (Å²) in [5, 5.41) is 0. The molecule has 1 unspecified atom stereocenters. The molecular formula is C15H26N2O2S. The summed E-state index contributed by atoms with van der Waals surface area (Å²) >= 11 is 0. The summed E-state index contributed by atoms with van der Waals surface area (Å²) in [6, 6.07) is 5.16. The first-order valence-corrected chi connectivity index (χ1v) is 8.57. The van der Waals surface area contributed by atoms with Gasteiger partial charge in [-0.2, -0.15) is 0 Å².